The summed E-state index contributed by atoms with van der Waals surface area (Å²) in [6, 6.07) is 3.58. The Labute approximate surface area is 79.8 Å². The number of aromatic nitrogens is 2. The Balaban J connectivity index is 2.81. The molecular weight excluding hydrogens is 182 g/mol. The highest BCUT2D eigenvalue weighted by Gasteiger charge is 2.13. The van der Waals surface area contributed by atoms with E-state index in [-0.39, 0.29) is 5.56 Å². The summed E-state index contributed by atoms with van der Waals surface area (Å²) in [6.07, 6.45) is 3.03. The lowest BCUT2D eigenvalue weighted by atomic mass is 10.1. The number of carboxylic acid groups (broad SMARTS) is 1. The maximum atomic E-state index is 10.9. The topological polar surface area (TPSA) is 80.6 Å². The van der Waals surface area contributed by atoms with Crippen molar-refractivity contribution < 1.29 is 9.90 Å². The molecule has 0 atom stereocenters. The summed E-state index contributed by atoms with van der Waals surface area (Å²) in [4.78, 5) is 10.9. The van der Waals surface area contributed by atoms with Crippen LogP contribution in [0.1, 0.15) is 15.9 Å². The number of aromatic carboxylic acids is 1. The Kier molecular flexibility index (Phi) is 1.94. The Morgan fingerprint density at radius 2 is 2.43 bits per heavy atom. The third-order valence-electron chi connectivity index (χ3n) is 2.07. The predicted molar refractivity (Wildman–Crippen MR) is 50.0 cm³/mol. The van der Waals surface area contributed by atoms with E-state index in [1.54, 1.807) is 18.3 Å². The van der Waals surface area contributed by atoms with Crippen LogP contribution in [0, 0.1) is 0 Å². The number of fused-ring (bicyclic) bond motifs is 1. The molecule has 0 aliphatic heterocycles. The molecule has 0 amide bonds. The number of carboxylic acids is 1. The second-order valence-corrected chi connectivity index (χ2v) is 2.89. The van der Waals surface area contributed by atoms with Gasteiger partial charge in [-0.05, 0) is 11.6 Å². The number of hydrogen-bond acceptors (Lipinski definition) is 3. The van der Waals surface area contributed by atoms with E-state index >= 15 is 0 Å². The maximum absolute atomic E-state index is 10.9. The molecule has 3 N–H and O–H groups in total. The van der Waals surface area contributed by atoms with E-state index in [9.17, 15) is 4.79 Å². The van der Waals surface area contributed by atoms with Gasteiger partial charge in [-0.1, -0.05) is 6.07 Å². The van der Waals surface area contributed by atoms with E-state index in [4.69, 9.17) is 10.8 Å². The van der Waals surface area contributed by atoms with Gasteiger partial charge in [0.25, 0.3) is 0 Å². The largest absolute Gasteiger partial charge is 0.478 e. The highest BCUT2D eigenvalue weighted by Crippen LogP contribution is 2.15. The van der Waals surface area contributed by atoms with Crippen molar-refractivity contribution in [2.24, 2.45) is 5.73 Å². The van der Waals surface area contributed by atoms with Gasteiger partial charge in [0.2, 0.25) is 0 Å². The van der Waals surface area contributed by atoms with Gasteiger partial charge >= 0.3 is 5.97 Å². The molecule has 72 valence electrons. The van der Waals surface area contributed by atoms with E-state index in [0.29, 0.717) is 12.1 Å². The molecule has 0 fully saturated rings. The van der Waals surface area contributed by atoms with Gasteiger partial charge in [-0.15, -0.1) is 0 Å². The average molecular weight is 191 g/mol. The van der Waals surface area contributed by atoms with Gasteiger partial charge in [-0.2, -0.15) is 5.10 Å². The van der Waals surface area contributed by atoms with Crippen molar-refractivity contribution >= 4 is 11.5 Å². The Hall–Kier alpha value is -1.88. The molecule has 5 nitrogen and oxygen atoms in total. The predicted octanol–water partition coefficient (Wildman–Crippen LogP) is 0.491. The van der Waals surface area contributed by atoms with Crippen LogP contribution in [0.3, 0.4) is 0 Å². The highest BCUT2D eigenvalue weighted by molar-refractivity contribution is 5.96. The average Bonchev–Trinajstić information content (AvgIpc) is 2.60. The van der Waals surface area contributed by atoms with E-state index in [1.165, 1.54) is 10.7 Å². The fourth-order valence-corrected chi connectivity index (χ4v) is 1.44. The van der Waals surface area contributed by atoms with E-state index in [1.807, 2.05) is 0 Å². The number of nitrogens with two attached hydrogens (primary N) is 1. The first-order valence-electron chi connectivity index (χ1n) is 4.12. The molecule has 0 bridgehead atoms. The van der Waals surface area contributed by atoms with Crippen LogP contribution in [0.5, 0.6) is 0 Å². The van der Waals surface area contributed by atoms with Gasteiger partial charge in [0.1, 0.15) is 5.56 Å². The zero-order chi connectivity index (χ0) is 10.1. The Morgan fingerprint density at radius 1 is 1.64 bits per heavy atom. The summed E-state index contributed by atoms with van der Waals surface area (Å²) >= 11 is 0. The van der Waals surface area contributed by atoms with E-state index in [0.717, 1.165) is 5.56 Å². The van der Waals surface area contributed by atoms with Gasteiger partial charge < -0.3 is 10.8 Å². The monoisotopic (exact) mass is 191 g/mol. The first-order valence-corrected chi connectivity index (χ1v) is 4.12. The van der Waals surface area contributed by atoms with Crippen LogP contribution in [0.25, 0.3) is 5.52 Å². The zero-order valence-corrected chi connectivity index (χ0v) is 7.34. The van der Waals surface area contributed by atoms with Crippen LogP contribution in [0.4, 0.5) is 0 Å². The standard InChI is InChI=1S/C9H9N3O2/c10-4-6-2-1-3-12-8(6)7(5-11-12)9(13)14/h1-3,5H,4,10H2,(H,13,14). The molecule has 0 aromatic carbocycles. The van der Waals surface area contributed by atoms with Crippen LogP contribution in [-0.4, -0.2) is 20.7 Å². The van der Waals surface area contributed by atoms with Crippen molar-refractivity contribution in [2.45, 2.75) is 6.54 Å². The van der Waals surface area contributed by atoms with Crippen LogP contribution < -0.4 is 5.73 Å². The SMILES string of the molecule is NCc1cccn2ncc(C(=O)O)c12. The van der Waals surface area contributed by atoms with Crippen LogP contribution in [0.2, 0.25) is 0 Å². The van der Waals surface area contributed by atoms with Crippen molar-refractivity contribution in [3.8, 4) is 0 Å². The summed E-state index contributed by atoms with van der Waals surface area (Å²) in [6.45, 7) is 0.302. The van der Waals surface area contributed by atoms with Gasteiger partial charge in [-0.3, -0.25) is 0 Å². The summed E-state index contributed by atoms with van der Waals surface area (Å²) in [5, 5.41) is 12.8. The molecule has 14 heavy (non-hydrogen) atoms. The molecule has 2 heterocycles. The fraction of sp³-hybridized carbons (Fsp3) is 0.111. The van der Waals surface area contributed by atoms with Crippen LogP contribution in [-0.2, 0) is 6.54 Å². The molecule has 0 spiro atoms. The van der Waals surface area contributed by atoms with Gasteiger partial charge in [0.15, 0.2) is 0 Å². The van der Waals surface area contributed by atoms with Gasteiger partial charge in [0, 0.05) is 12.7 Å². The third kappa shape index (κ3) is 1.14. The zero-order valence-electron chi connectivity index (χ0n) is 7.34. The summed E-state index contributed by atoms with van der Waals surface area (Å²) < 4.78 is 1.52. The summed E-state index contributed by atoms with van der Waals surface area (Å²) in [7, 11) is 0. The summed E-state index contributed by atoms with van der Waals surface area (Å²) in [5.41, 5.74) is 7.05. The van der Waals surface area contributed by atoms with E-state index in [2.05, 4.69) is 5.10 Å². The van der Waals surface area contributed by atoms with Crippen molar-refractivity contribution in [2.75, 3.05) is 0 Å². The minimum absolute atomic E-state index is 0.186. The molecule has 2 rings (SSSR count). The minimum atomic E-state index is -0.985. The molecule has 0 saturated heterocycles. The van der Waals surface area contributed by atoms with Crippen molar-refractivity contribution in [3.05, 3.63) is 35.7 Å². The third-order valence-corrected chi connectivity index (χ3v) is 2.07. The lowest BCUT2D eigenvalue weighted by molar-refractivity contribution is 0.0699. The van der Waals surface area contributed by atoms with Gasteiger partial charge in [-0.25, -0.2) is 9.31 Å². The van der Waals surface area contributed by atoms with Crippen molar-refractivity contribution in [1.29, 1.82) is 0 Å². The summed E-state index contributed by atoms with van der Waals surface area (Å²) in [5.74, 6) is -0.985. The van der Waals surface area contributed by atoms with Crippen molar-refractivity contribution in [1.82, 2.24) is 9.61 Å². The first-order chi connectivity index (χ1) is 6.74. The Bertz CT molecular complexity index is 490. The van der Waals surface area contributed by atoms with Crippen LogP contribution in [0.15, 0.2) is 24.5 Å². The minimum Gasteiger partial charge on any atom is -0.478 e. The van der Waals surface area contributed by atoms with Crippen LogP contribution >= 0.6 is 0 Å². The number of rotatable bonds is 2. The Morgan fingerprint density at radius 3 is 3.07 bits per heavy atom. The first kappa shape index (κ1) is 8.71. The van der Waals surface area contributed by atoms with Gasteiger partial charge in [0.05, 0.1) is 11.7 Å². The number of nitrogens with zero attached hydrogens (tertiary/aromatic N) is 2. The van der Waals surface area contributed by atoms with Crippen molar-refractivity contribution in [3.63, 3.8) is 0 Å². The number of carbonyl (C=O) groups is 1. The quantitative estimate of drug-likeness (QED) is 0.723. The molecule has 0 aliphatic carbocycles. The lowest BCUT2D eigenvalue weighted by Gasteiger charge is -2.00. The van der Waals surface area contributed by atoms with E-state index < -0.39 is 5.97 Å². The molecule has 0 unspecified atom stereocenters. The highest BCUT2D eigenvalue weighted by atomic mass is 16.4. The maximum Gasteiger partial charge on any atom is 0.339 e. The molecule has 0 aliphatic rings. The second kappa shape index (κ2) is 3.12. The molecule has 0 saturated carbocycles. The fourth-order valence-electron chi connectivity index (χ4n) is 1.44. The smallest absolute Gasteiger partial charge is 0.339 e. The molecule has 5 heteroatoms. The number of hydrogen-bond donors (Lipinski definition) is 2. The normalized spacial score (nSPS) is 10.6. The second-order valence-electron chi connectivity index (χ2n) is 2.89. The molecule has 2 aromatic heterocycles. The molecule has 2 aromatic rings. The lowest BCUT2D eigenvalue weighted by Crippen LogP contribution is -2.03. The number of pyridine rings is 1. The molecule has 0 radical (unpaired) electrons. The molecular formula is C9H9N3O2.